The molecule has 0 saturated carbocycles. The lowest BCUT2D eigenvalue weighted by molar-refractivity contribution is -0.124. The summed E-state index contributed by atoms with van der Waals surface area (Å²) >= 11 is 5.87. The van der Waals surface area contributed by atoms with E-state index in [4.69, 9.17) is 25.9 Å². The Morgan fingerprint density at radius 3 is 2.69 bits per heavy atom. The maximum absolute atomic E-state index is 12.7. The molecule has 174 valence electrons. The van der Waals surface area contributed by atoms with Crippen LogP contribution in [-0.4, -0.2) is 63.6 Å². The summed E-state index contributed by atoms with van der Waals surface area (Å²) in [6.07, 6.45) is 1.66. The van der Waals surface area contributed by atoms with Crippen LogP contribution in [0.5, 0.6) is 5.75 Å². The number of amides is 1. The average Bonchev–Trinajstić information content (AvgIpc) is 3.08. The zero-order chi connectivity index (χ0) is 23.0. The third kappa shape index (κ3) is 6.30. The van der Waals surface area contributed by atoms with Crippen molar-refractivity contribution in [3.8, 4) is 5.75 Å². The Balaban J connectivity index is 1.36. The normalized spacial score (nSPS) is 16.6. The van der Waals surface area contributed by atoms with Gasteiger partial charge in [0.1, 0.15) is 23.6 Å². The molecule has 1 aromatic carbocycles. The Kier molecular flexibility index (Phi) is 8.65. The first kappa shape index (κ1) is 24.2. The van der Waals surface area contributed by atoms with Crippen LogP contribution in [0.15, 0.2) is 42.6 Å². The van der Waals surface area contributed by atoms with Crippen LogP contribution in [-0.2, 0) is 24.6 Å². The van der Waals surface area contributed by atoms with Crippen LogP contribution >= 0.6 is 11.6 Å². The fourth-order valence-corrected chi connectivity index (χ4v) is 4.89. The van der Waals surface area contributed by atoms with Gasteiger partial charge in [-0.2, -0.15) is 12.7 Å². The number of nitrogens with one attached hydrogen (secondary N) is 1. The molecular formula is C20H25ClN4O6S. The molecule has 10 nitrogen and oxygen atoms in total. The van der Waals surface area contributed by atoms with Crippen molar-refractivity contribution in [1.29, 1.82) is 0 Å². The van der Waals surface area contributed by atoms with Gasteiger partial charge in [0.25, 0.3) is 0 Å². The molecule has 1 aliphatic heterocycles. The summed E-state index contributed by atoms with van der Waals surface area (Å²) < 4.78 is 39.3. The van der Waals surface area contributed by atoms with Gasteiger partial charge in [-0.3, -0.25) is 13.9 Å². The quantitative estimate of drug-likeness (QED) is 0.212. The van der Waals surface area contributed by atoms with Crippen LogP contribution in [0.2, 0.25) is 5.15 Å². The van der Waals surface area contributed by atoms with E-state index in [-0.39, 0.29) is 24.4 Å². The Morgan fingerprint density at radius 2 is 1.97 bits per heavy atom. The molecule has 1 amide bonds. The number of anilines is 1. The molecule has 3 rings (SSSR count). The first-order valence-electron chi connectivity index (χ1n) is 9.96. The van der Waals surface area contributed by atoms with Gasteiger partial charge in [0, 0.05) is 25.8 Å². The summed E-state index contributed by atoms with van der Waals surface area (Å²) in [5.41, 5.74) is 3.55. The number of hydroxylamine groups is 1. The minimum Gasteiger partial charge on any atom is -0.491 e. The van der Waals surface area contributed by atoms with Crippen molar-refractivity contribution in [2.75, 3.05) is 43.8 Å². The number of carbonyl (C=O) groups excluding carboxylic acids is 1. The highest BCUT2D eigenvalue weighted by molar-refractivity contribution is 7.90. The molecule has 0 aliphatic carbocycles. The van der Waals surface area contributed by atoms with Gasteiger partial charge in [-0.05, 0) is 36.8 Å². The van der Waals surface area contributed by atoms with Gasteiger partial charge in [-0.25, -0.2) is 10.5 Å². The minimum absolute atomic E-state index is 0.242. The van der Waals surface area contributed by atoms with Gasteiger partial charge in [-0.1, -0.05) is 23.7 Å². The van der Waals surface area contributed by atoms with Crippen molar-refractivity contribution in [3.63, 3.8) is 0 Å². The summed E-state index contributed by atoms with van der Waals surface area (Å²) in [5, 5.41) is 0.242. The number of hydrogen-bond acceptors (Lipinski definition) is 7. The molecule has 2 heterocycles. The van der Waals surface area contributed by atoms with E-state index in [2.05, 4.69) is 10.5 Å². The third-order valence-electron chi connectivity index (χ3n) is 4.78. The summed E-state index contributed by atoms with van der Waals surface area (Å²) in [6, 6.07) is 10.4. The monoisotopic (exact) mass is 484 g/mol. The number of benzene rings is 1. The van der Waals surface area contributed by atoms with Crippen molar-refractivity contribution in [2.45, 2.75) is 13.0 Å². The van der Waals surface area contributed by atoms with Crippen molar-refractivity contribution in [2.24, 2.45) is 0 Å². The Morgan fingerprint density at radius 1 is 1.19 bits per heavy atom. The number of ether oxygens (including phenoxy) is 2. The van der Waals surface area contributed by atoms with Crippen LogP contribution in [0, 0.1) is 0 Å². The van der Waals surface area contributed by atoms with Crippen LogP contribution in [0.1, 0.15) is 18.6 Å². The lowest BCUT2D eigenvalue weighted by Crippen LogP contribution is -2.35. The molecule has 0 bridgehead atoms. The molecule has 1 saturated heterocycles. The molecular weight excluding hydrogens is 460 g/mol. The van der Waals surface area contributed by atoms with Crippen LogP contribution in [0.4, 0.5) is 5.69 Å². The highest BCUT2D eigenvalue weighted by atomic mass is 35.5. The molecule has 1 atom stereocenters. The fraction of sp³-hybridized carbons (Fsp3) is 0.400. The van der Waals surface area contributed by atoms with E-state index in [0.717, 1.165) is 5.56 Å². The van der Waals surface area contributed by atoms with E-state index >= 15 is 0 Å². The standard InChI is InChI=1S/C20H25ClN4O6S/c1-16(31-23-15-26)17-2-4-19(5-3-17)30-13-12-29-11-10-24-8-9-25(32(24,27)28)18-6-7-22-20(21)14-18/h2-7,14-16H,8-13H2,1H3,(H,23,26). The number of carbonyl (C=O) groups is 1. The fourth-order valence-electron chi connectivity index (χ4n) is 3.13. The van der Waals surface area contributed by atoms with Gasteiger partial charge in [0.15, 0.2) is 0 Å². The molecule has 0 spiro atoms. The summed E-state index contributed by atoms with van der Waals surface area (Å²) in [7, 11) is -3.62. The van der Waals surface area contributed by atoms with Crippen LogP contribution in [0.3, 0.4) is 0 Å². The predicted molar refractivity (Wildman–Crippen MR) is 119 cm³/mol. The summed E-state index contributed by atoms with van der Waals surface area (Å²) in [6.45, 7) is 3.68. The molecule has 0 radical (unpaired) electrons. The summed E-state index contributed by atoms with van der Waals surface area (Å²) in [5.74, 6) is 0.668. The number of aromatic nitrogens is 1. The van der Waals surface area contributed by atoms with E-state index in [9.17, 15) is 13.2 Å². The molecule has 1 N–H and O–H groups in total. The molecule has 32 heavy (non-hydrogen) atoms. The van der Waals surface area contributed by atoms with E-state index in [1.54, 1.807) is 18.2 Å². The molecule has 1 unspecified atom stereocenters. The zero-order valence-electron chi connectivity index (χ0n) is 17.5. The largest absolute Gasteiger partial charge is 0.491 e. The SMILES string of the molecule is CC(ONC=O)c1ccc(OCCOCCN2CCN(c3ccnc(Cl)c3)S2(=O)=O)cc1. The van der Waals surface area contributed by atoms with Crippen molar-refractivity contribution >= 4 is 33.9 Å². The highest BCUT2D eigenvalue weighted by Gasteiger charge is 2.36. The topological polar surface area (TPSA) is 110 Å². The van der Waals surface area contributed by atoms with Gasteiger partial charge in [0.05, 0.1) is 18.9 Å². The number of halogens is 1. The number of rotatable bonds is 12. The minimum atomic E-state index is -3.62. The van der Waals surface area contributed by atoms with E-state index in [0.29, 0.717) is 44.2 Å². The lowest BCUT2D eigenvalue weighted by atomic mass is 10.1. The van der Waals surface area contributed by atoms with Gasteiger partial charge >= 0.3 is 10.2 Å². The van der Waals surface area contributed by atoms with Crippen LogP contribution < -0.4 is 14.5 Å². The first-order valence-corrected chi connectivity index (χ1v) is 11.7. The van der Waals surface area contributed by atoms with E-state index in [1.165, 1.54) is 20.9 Å². The average molecular weight is 485 g/mol. The van der Waals surface area contributed by atoms with Crippen LogP contribution in [0.25, 0.3) is 0 Å². The second-order valence-corrected chi connectivity index (χ2v) is 9.08. The predicted octanol–water partition coefficient (Wildman–Crippen LogP) is 1.94. The Labute approximate surface area is 192 Å². The van der Waals surface area contributed by atoms with Crippen molar-refractivity contribution in [1.82, 2.24) is 14.8 Å². The van der Waals surface area contributed by atoms with Gasteiger partial charge in [0.2, 0.25) is 6.41 Å². The number of hydrogen-bond donors (Lipinski definition) is 1. The molecule has 1 aliphatic rings. The van der Waals surface area contributed by atoms with Gasteiger partial charge < -0.3 is 9.47 Å². The van der Waals surface area contributed by atoms with Gasteiger partial charge in [-0.15, -0.1) is 0 Å². The first-order chi connectivity index (χ1) is 15.4. The number of pyridine rings is 1. The molecule has 1 fully saturated rings. The van der Waals surface area contributed by atoms with E-state index in [1.807, 2.05) is 19.1 Å². The van der Waals surface area contributed by atoms with E-state index < -0.39 is 10.2 Å². The second kappa shape index (κ2) is 11.4. The second-order valence-electron chi connectivity index (χ2n) is 6.84. The Hall–Kier alpha value is -2.44. The number of nitrogens with zero attached hydrogens (tertiary/aromatic N) is 3. The van der Waals surface area contributed by atoms with Crippen molar-refractivity contribution < 1.29 is 27.5 Å². The third-order valence-corrected chi connectivity index (χ3v) is 6.95. The summed E-state index contributed by atoms with van der Waals surface area (Å²) in [4.78, 5) is 19.2. The maximum Gasteiger partial charge on any atom is 0.304 e. The highest BCUT2D eigenvalue weighted by Crippen LogP contribution is 2.26. The lowest BCUT2D eigenvalue weighted by Gasteiger charge is -2.20. The smallest absolute Gasteiger partial charge is 0.304 e. The molecule has 12 heteroatoms. The Bertz CT molecular complexity index is 992. The molecule has 2 aromatic rings. The maximum atomic E-state index is 12.7. The molecule has 1 aromatic heterocycles. The zero-order valence-corrected chi connectivity index (χ0v) is 19.1. The van der Waals surface area contributed by atoms with Crippen molar-refractivity contribution in [3.05, 3.63) is 53.3 Å².